The van der Waals surface area contributed by atoms with Crippen molar-refractivity contribution in [3.63, 3.8) is 0 Å². The number of nitrogens with one attached hydrogen (secondary N) is 1. The van der Waals surface area contributed by atoms with Crippen molar-refractivity contribution in [2.45, 2.75) is 45.7 Å². The molecule has 0 aliphatic heterocycles. The smallest absolute Gasteiger partial charge is 0.0708 e. The number of hydrogen-bond acceptors (Lipinski definition) is 3. The van der Waals surface area contributed by atoms with Crippen LogP contribution in [0.2, 0.25) is 0 Å². The van der Waals surface area contributed by atoms with E-state index in [0.29, 0.717) is 0 Å². The van der Waals surface area contributed by atoms with Gasteiger partial charge in [0.15, 0.2) is 0 Å². The molecule has 0 spiro atoms. The molecule has 0 bridgehead atoms. The molecular formula is C17H24N2O. The number of aliphatic hydroxyl groups is 1. The molecule has 0 aliphatic rings. The van der Waals surface area contributed by atoms with Crippen molar-refractivity contribution in [3.8, 4) is 0 Å². The van der Waals surface area contributed by atoms with Crippen LogP contribution in [0.25, 0.3) is 10.9 Å². The van der Waals surface area contributed by atoms with E-state index in [1.807, 2.05) is 13.0 Å². The van der Waals surface area contributed by atoms with Gasteiger partial charge in [-0.1, -0.05) is 25.1 Å². The number of hydrogen-bond donors (Lipinski definition) is 2. The van der Waals surface area contributed by atoms with Crippen LogP contribution in [-0.4, -0.2) is 22.2 Å². The third kappa shape index (κ3) is 3.35. The van der Waals surface area contributed by atoms with E-state index in [2.05, 4.69) is 48.4 Å². The first-order chi connectivity index (χ1) is 9.58. The van der Waals surface area contributed by atoms with Crippen molar-refractivity contribution in [2.24, 2.45) is 0 Å². The zero-order valence-corrected chi connectivity index (χ0v) is 12.6. The second-order valence-electron chi connectivity index (χ2n) is 5.68. The Kier molecular flexibility index (Phi) is 4.73. The number of fused-ring (bicyclic) bond motifs is 1. The zero-order valence-electron chi connectivity index (χ0n) is 12.6. The third-order valence-corrected chi connectivity index (χ3v) is 4.08. The topological polar surface area (TPSA) is 45.1 Å². The maximum absolute atomic E-state index is 9.20. The Hall–Kier alpha value is -1.45. The Bertz CT molecular complexity index is 582. The van der Waals surface area contributed by atoms with E-state index >= 15 is 0 Å². The summed E-state index contributed by atoms with van der Waals surface area (Å²) >= 11 is 0. The SMILES string of the molecule is CCC(C)(CCO)NCc1cc(C)nc2ccccc12. The number of rotatable bonds is 6. The number of aryl methyl sites for hydroxylation is 1. The van der Waals surface area contributed by atoms with E-state index in [1.165, 1.54) is 10.9 Å². The molecule has 0 amide bonds. The first-order valence-electron chi connectivity index (χ1n) is 7.29. The molecule has 0 saturated heterocycles. The fraction of sp³-hybridized carbons (Fsp3) is 0.471. The molecule has 0 radical (unpaired) electrons. The summed E-state index contributed by atoms with van der Waals surface area (Å²) in [6.07, 6.45) is 1.76. The summed E-state index contributed by atoms with van der Waals surface area (Å²) in [5, 5.41) is 14.0. The van der Waals surface area contributed by atoms with E-state index in [4.69, 9.17) is 0 Å². The number of aliphatic hydroxyl groups excluding tert-OH is 1. The van der Waals surface area contributed by atoms with Crippen molar-refractivity contribution in [3.05, 3.63) is 41.6 Å². The predicted molar refractivity (Wildman–Crippen MR) is 83.7 cm³/mol. The van der Waals surface area contributed by atoms with Gasteiger partial charge in [0.2, 0.25) is 0 Å². The Balaban J connectivity index is 2.25. The number of aromatic nitrogens is 1. The first kappa shape index (κ1) is 14.9. The Labute approximate surface area is 121 Å². The molecule has 3 heteroatoms. The normalized spacial score (nSPS) is 14.4. The van der Waals surface area contributed by atoms with Gasteiger partial charge in [-0.2, -0.15) is 0 Å². The minimum atomic E-state index is -0.0208. The molecular weight excluding hydrogens is 248 g/mol. The van der Waals surface area contributed by atoms with E-state index < -0.39 is 0 Å². The largest absolute Gasteiger partial charge is 0.396 e. The fourth-order valence-electron chi connectivity index (χ4n) is 2.49. The standard InChI is InChI=1S/C17H24N2O/c1-4-17(3,9-10-20)18-12-14-11-13(2)19-16-8-6-5-7-15(14)16/h5-8,11,18,20H,4,9-10,12H2,1-3H3. The lowest BCUT2D eigenvalue weighted by Crippen LogP contribution is -2.42. The van der Waals surface area contributed by atoms with Gasteiger partial charge in [-0.3, -0.25) is 4.98 Å². The maximum Gasteiger partial charge on any atom is 0.0708 e. The highest BCUT2D eigenvalue weighted by Gasteiger charge is 2.20. The molecule has 1 aromatic heterocycles. The molecule has 3 nitrogen and oxygen atoms in total. The molecule has 0 aliphatic carbocycles. The second-order valence-corrected chi connectivity index (χ2v) is 5.68. The average Bonchev–Trinajstić information content (AvgIpc) is 2.45. The van der Waals surface area contributed by atoms with E-state index in [1.54, 1.807) is 0 Å². The summed E-state index contributed by atoms with van der Waals surface area (Å²) in [5.74, 6) is 0. The molecule has 1 unspecified atom stereocenters. The van der Waals surface area contributed by atoms with Crippen LogP contribution >= 0.6 is 0 Å². The van der Waals surface area contributed by atoms with E-state index in [-0.39, 0.29) is 12.1 Å². The average molecular weight is 272 g/mol. The predicted octanol–water partition coefficient (Wildman–Crippen LogP) is 3.18. The summed E-state index contributed by atoms with van der Waals surface area (Å²) in [7, 11) is 0. The van der Waals surface area contributed by atoms with Gasteiger partial charge in [-0.05, 0) is 44.4 Å². The molecule has 2 aromatic rings. The Morgan fingerprint density at radius 1 is 1.30 bits per heavy atom. The highest BCUT2D eigenvalue weighted by Crippen LogP contribution is 2.20. The molecule has 20 heavy (non-hydrogen) atoms. The minimum Gasteiger partial charge on any atom is -0.396 e. The van der Waals surface area contributed by atoms with E-state index in [9.17, 15) is 5.11 Å². The van der Waals surface area contributed by atoms with Gasteiger partial charge in [0.1, 0.15) is 0 Å². The van der Waals surface area contributed by atoms with Crippen molar-refractivity contribution < 1.29 is 5.11 Å². The molecule has 1 aromatic carbocycles. The van der Waals surface area contributed by atoms with Gasteiger partial charge in [-0.25, -0.2) is 0 Å². The Morgan fingerprint density at radius 3 is 2.75 bits per heavy atom. The van der Waals surface area contributed by atoms with Crippen molar-refractivity contribution in [1.82, 2.24) is 10.3 Å². The summed E-state index contributed by atoms with van der Waals surface area (Å²) < 4.78 is 0. The molecule has 2 rings (SSSR count). The number of para-hydroxylation sites is 1. The van der Waals surface area contributed by atoms with Crippen LogP contribution < -0.4 is 5.32 Å². The summed E-state index contributed by atoms with van der Waals surface area (Å²) in [6.45, 7) is 7.36. The lowest BCUT2D eigenvalue weighted by Gasteiger charge is -2.29. The van der Waals surface area contributed by atoms with Crippen LogP contribution in [0.4, 0.5) is 0 Å². The van der Waals surface area contributed by atoms with Crippen molar-refractivity contribution >= 4 is 10.9 Å². The molecule has 1 atom stereocenters. The highest BCUT2D eigenvalue weighted by atomic mass is 16.3. The minimum absolute atomic E-state index is 0.0208. The first-order valence-corrected chi connectivity index (χ1v) is 7.29. The molecule has 0 saturated carbocycles. The van der Waals surface area contributed by atoms with Gasteiger partial charge < -0.3 is 10.4 Å². The van der Waals surface area contributed by atoms with Gasteiger partial charge in [0.05, 0.1) is 5.52 Å². The molecule has 108 valence electrons. The lowest BCUT2D eigenvalue weighted by atomic mass is 9.94. The van der Waals surface area contributed by atoms with E-state index in [0.717, 1.165) is 30.6 Å². The van der Waals surface area contributed by atoms with Crippen LogP contribution in [-0.2, 0) is 6.54 Å². The molecule has 2 N–H and O–H groups in total. The van der Waals surface area contributed by atoms with Gasteiger partial charge in [0.25, 0.3) is 0 Å². The van der Waals surface area contributed by atoms with Gasteiger partial charge in [-0.15, -0.1) is 0 Å². The number of nitrogens with zero attached hydrogens (tertiary/aromatic N) is 1. The monoisotopic (exact) mass is 272 g/mol. The van der Waals surface area contributed by atoms with Crippen molar-refractivity contribution in [2.75, 3.05) is 6.61 Å². The summed E-state index contributed by atoms with van der Waals surface area (Å²) in [6, 6.07) is 10.4. The maximum atomic E-state index is 9.20. The lowest BCUT2D eigenvalue weighted by molar-refractivity contribution is 0.214. The van der Waals surface area contributed by atoms with Crippen LogP contribution in [0, 0.1) is 6.92 Å². The fourth-order valence-corrected chi connectivity index (χ4v) is 2.49. The quantitative estimate of drug-likeness (QED) is 0.849. The molecule has 0 fully saturated rings. The van der Waals surface area contributed by atoms with Crippen LogP contribution in [0.15, 0.2) is 30.3 Å². The van der Waals surface area contributed by atoms with Crippen LogP contribution in [0.5, 0.6) is 0 Å². The highest BCUT2D eigenvalue weighted by molar-refractivity contribution is 5.82. The van der Waals surface area contributed by atoms with Gasteiger partial charge >= 0.3 is 0 Å². The number of pyridine rings is 1. The summed E-state index contributed by atoms with van der Waals surface area (Å²) in [4.78, 5) is 4.57. The zero-order chi connectivity index (χ0) is 14.6. The third-order valence-electron chi connectivity index (χ3n) is 4.08. The van der Waals surface area contributed by atoms with Crippen LogP contribution in [0.1, 0.15) is 37.9 Å². The second kappa shape index (κ2) is 6.33. The van der Waals surface area contributed by atoms with Crippen LogP contribution in [0.3, 0.4) is 0 Å². The summed E-state index contributed by atoms with van der Waals surface area (Å²) in [5.41, 5.74) is 3.34. The Morgan fingerprint density at radius 2 is 2.05 bits per heavy atom. The number of benzene rings is 1. The van der Waals surface area contributed by atoms with Gasteiger partial charge in [0, 0.05) is 29.8 Å². The van der Waals surface area contributed by atoms with Crippen molar-refractivity contribution in [1.29, 1.82) is 0 Å². The molecule has 1 heterocycles.